The van der Waals surface area contributed by atoms with Crippen LogP contribution in [0.15, 0.2) is 48.5 Å². The number of carbonyl (C=O) groups excluding carboxylic acids is 2. The number of methoxy groups -OCH3 is 1. The topological polar surface area (TPSA) is 59.1 Å². The second-order valence-corrected chi connectivity index (χ2v) is 7.43. The second-order valence-electron chi connectivity index (χ2n) is 7.43. The van der Waals surface area contributed by atoms with Gasteiger partial charge in [-0.3, -0.25) is 4.79 Å². The highest BCUT2D eigenvalue weighted by Crippen LogP contribution is 2.30. The molecule has 0 radical (unpaired) electrons. The Morgan fingerprint density at radius 3 is 2.39 bits per heavy atom. The zero-order valence-corrected chi connectivity index (χ0v) is 16.2. The van der Waals surface area contributed by atoms with Crippen molar-refractivity contribution in [3.05, 3.63) is 59.7 Å². The summed E-state index contributed by atoms with van der Waals surface area (Å²) in [5.41, 5.74) is 1.38. The van der Waals surface area contributed by atoms with Crippen molar-refractivity contribution in [3.63, 3.8) is 0 Å². The maximum absolute atomic E-state index is 13.2. The molecule has 6 heteroatoms. The highest BCUT2D eigenvalue weighted by molar-refractivity contribution is 5.97. The standard InChI is InChI=1S/C22H24N2O4/c1-22(15-16-5-3-4-6-19(16)20(25)28-22)21(26)24-13-11-23(12-14-24)17-7-9-18(27-2)10-8-17/h3-10H,11-15H2,1-2H3. The van der Waals surface area contributed by atoms with Crippen LogP contribution >= 0.6 is 0 Å². The molecule has 0 aromatic heterocycles. The Morgan fingerprint density at radius 1 is 1.04 bits per heavy atom. The van der Waals surface area contributed by atoms with Gasteiger partial charge >= 0.3 is 5.97 Å². The van der Waals surface area contributed by atoms with Gasteiger partial charge in [0.05, 0.1) is 12.7 Å². The van der Waals surface area contributed by atoms with Crippen LogP contribution in [0.5, 0.6) is 5.75 Å². The molecule has 2 aromatic carbocycles. The number of anilines is 1. The van der Waals surface area contributed by atoms with Crippen LogP contribution in [0, 0.1) is 0 Å². The largest absolute Gasteiger partial charge is 0.497 e. The fourth-order valence-corrected chi connectivity index (χ4v) is 3.95. The summed E-state index contributed by atoms with van der Waals surface area (Å²) in [6.45, 7) is 4.38. The van der Waals surface area contributed by atoms with Gasteiger partial charge in [-0.2, -0.15) is 0 Å². The minimum atomic E-state index is -1.15. The number of benzene rings is 2. The van der Waals surface area contributed by atoms with Crippen LogP contribution in [-0.2, 0) is 16.0 Å². The van der Waals surface area contributed by atoms with Crippen molar-refractivity contribution in [1.29, 1.82) is 0 Å². The van der Waals surface area contributed by atoms with Gasteiger partial charge in [0.15, 0.2) is 5.60 Å². The molecule has 0 N–H and O–H groups in total. The molecule has 1 amide bonds. The molecule has 4 rings (SSSR count). The van der Waals surface area contributed by atoms with Crippen LogP contribution in [0.2, 0.25) is 0 Å². The Hall–Kier alpha value is -3.02. The number of rotatable bonds is 3. The molecule has 146 valence electrons. The first kappa shape index (κ1) is 18.3. The first-order valence-electron chi connectivity index (χ1n) is 9.50. The van der Waals surface area contributed by atoms with Crippen molar-refractivity contribution in [3.8, 4) is 5.75 Å². The summed E-state index contributed by atoms with van der Waals surface area (Å²) in [6.07, 6.45) is 0.409. The van der Waals surface area contributed by atoms with Gasteiger partial charge in [0, 0.05) is 38.3 Å². The van der Waals surface area contributed by atoms with E-state index in [1.54, 1.807) is 25.0 Å². The highest BCUT2D eigenvalue weighted by Gasteiger charge is 2.45. The van der Waals surface area contributed by atoms with E-state index >= 15 is 0 Å². The molecule has 2 aliphatic heterocycles. The number of nitrogens with zero attached hydrogens (tertiary/aromatic N) is 2. The minimum absolute atomic E-state index is 0.121. The van der Waals surface area contributed by atoms with Gasteiger partial charge in [0.2, 0.25) is 0 Å². The molecular weight excluding hydrogens is 356 g/mol. The van der Waals surface area contributed by atoms with Crippen molar-refractivity contribution < 1.29 is 19.1 Å². The molecule has 6 nitrogen and oxygen atoms in total. The van der Waals surface area contributed by atoms with Crippen molar-refractivity contribution >= 4 is 17.6 Å². The molecule has 0 aliphatic carbocycles. The van der Waals surface area contributed by atoms with Crippen LogP contribution in [0.3, 0.4) is 0 Å². The molecule has 2 heterocycles. The van der Waals surface area contributed by atoms with Gasteiger partial charge in [-0.05, 0) is 42.8 Å². The summed E-state index contributed by atoms with van der Waals surface area (Å²) in [5.74, 6) is 0.282. The molecule has 2 aliphatic rings. The molecule has 0 bridgehead atoms. The number of amides is 1. The first-order valence-corrected chi connectivity index (χ1v) is 9.50. The summed E-state index contributed by atoms with van der Waals surface area (Å²) in [5, 5.41) is 0. The van der Waals surface area contributed by atoms with Crippen LogP contribution in [0.1, 0.15) is 22.8 Å². The number of cyclic esters (lactones) is 1. The predicted octanol–water partition coefficient (Wildman–Crippen LogP) is 2.52. The number of esters is 1. The number of carbonyl (C=O) groups is 2. The van der Waals surface area contributed by atoms with Gasteiger partial charge in [-0.1, -0.05) is 18.2 Å². The molecule has 28 heavy (non-hydrogen) atoms. The van der Waals surface area contributed by atoms with Crippen LogP contribution in [-0.4, -0.2) is 55.7 Å². The van der Waals surface area contributed by atoms with E-state index in [2.05, 4.69) is 4.90 Å². The van der Waals surface area contributed by atoms with E-state index in [1.807, 2.05) is 42.5 Å². The van der Waals surface area contributed by atoms with E-state index in [4.69, 9.17) is 9.47 Å². The van der Waals surface area contributed by atoms with Gasteiger partial charge in [0.1, 0.15) is 5.75 Å². The Kier molecular flexibility index (Phi) is 4.71. The lowest BCUT2D eigenvalue weighted by Gasteiger charge is -2.41. The Bertz CT molecular complexity index is 888. The van der Waals surface area contributed by atoms with Gasteiger partial charge in [0.25, 0.3) is 5.91 Å². The summed E-state index contributed by atoms with van der Waals surface area (Å²) in [7, 11) is 1.65. The van der Waals surface area contributed by atoms with E-state index in [9.17, 15) is 9.59 Å². The monoisotopic (exact) mass is 380 g/mol. The molecular formula is C22H24N2O4. The smallest absolute Gasteiger partial charge is 0.339 e. The van der Waals surface area contributed by atoms with Gasteiger partial charge < -0.3 is 19.3 Å². The van der Waals surface area contributed by atoms with E-state index in [-0.39, 0.29) is 5.91 Å². The third kappa shape index (κ3) is 3.30. The number of hydrogen-bond acceptors (Lipinski definition) is 5. The lowest BCUT2D eigenvalue weighted by Crippen LogP contribution is -2.58. The van der Waals surface area contributed by atoms with E-state index in [0.717, 1.165) is 30.1 Å². The molecule has 1 fully saturated rings. The fraction of sp³-hybridized carbons (Fsp3) is 0.364. The fourth-order valence-electron chi connectivity index (χ4n) is 3.95. The first-order chi connectivity index (χ1) is 13.5. The second kappa shape index (κ2) is 7.19. The van der Waals surface area contributed by atoms with E-state index in [0.29, 0.717) is 25.1 Å². The van der Waals surface area contributed by atoms with Crippen LogP contribution in [0.4, 0.5) is 5.69 Å². The molecule has 1 unspecified atom stereocenters. The molecule has 1 saturated heterocycles. The number of piperazine rings is 1. The Morgan fingerprint density at radius 2 is 1.71 bits per heavy atom. The van der Waals surface area contributed by atoms with Gasteiger partial charge in [-0.15, -0.1) is 0 Å². The average Bonchev–Trinajstić information content (AvgIpc) is 2.73. The number of hydrogen-bond donors (Lipinski definition) is 0. The summed E-state index contributed by atoms with van der Waals surface area (Å²) in [6, 6.07) is 15.3. The maximum atomic E-state index is 13.2. The quantitative estimate of drug-likeness (QED) is 0.766. The lowest BCUT2D eigenvalue weighted by atomic mass is 9.88. The van der Waals surface area contributed by atoms with E-state index < -0.39 is 11.6 Å². The highest BCUT2D eigenvalue weighted by atomic mass is 16.6. The van der Waals surface area contributed by atoms with Crippen molar-refractivity contribution in [2.45, 2.75) is 18.9 Å². The Labute approximate surface area is 164 Å². The molecule has 0 spiro atoms. The lowest BCUT2D eigenvalue weighted by molar-refractivity contribution is -0.151. The third-order valence-electron chi connectivity index (χ3n) is 5.54. The van der Waals surface area contributed by atoms with Crippen molar-refractivity contribution in [1.82, 2.24) is 4.90 Å². The molecule has 2 aromatic rings. The van der Waals surface area contributed by atoms with E-state index in [1.165, 1.54) is 0 Å². The van der Waals surface area contributed by atoms with Crippen molar-refractivity contribution in [2.24, 2.45) is 0 Å². The minimum Gasteiger partial charge on any atom is -0.497 e. The van der Waals surface area contributed by atoms with Crippen LogP contribution in [0.25, 0.3) is 0 Å². The zero-order chi connectivity index (χ0) is 19.7. The SMILES string of the molecule is COc1ccc(N2CCN(C(=O)C3(C)Cc4ccccc4C(=O)O3)CC2)cc1. The number of ether oxygens (including phenoxy) is 2. The normalized spacial score (nSPS) is 21.7. The van der Waals surface area contributed by atoms with Crippen LogP contribution < -0.4 is 9.64 Å². The zero-order valence-electron chi connectivity index (χ0n) is 16.2. The molecule has 1 atom stereocenters. The van der Waals surface area contributed by atoms with Crippen molar-refractivity contribution in [2.75, 3.05) is 38.2 Å². The average molecular weight is 380 g/mol. The Balaban J connectivity index is 1.43. The summed E-state index contributed by atoms with van der Waals surface area (Å²) >= 11 is 0. The maximum Gasteiger partial charge on any atom is 0.339 e. The number of fused-ring (bicyclic) bond motifs is 1. The summed E-state index contributed by atoms with van der Waals surface area (Å²) in [4.78, 5) is 29.6. The predicted molar refractivity (Wildman–Crippen MR) is 106 cm³/mol. The van der Waals surface area contributed by atoms with Gasteiger partial charge in [-0.25, -0.2) is 4.79 Å². The molecule has 0 saturated carbocycles. The third-order valence-corrected chi connectivity index (χ3v) is 5.54. The summed E-state index contributed by atoms with van der Waals surface area (Å²) < 4.78 is 10.8.